The van der Waals surface area contributed by atoms with E-state index in [1.54, 1.807) is 18.3 Å². The molecule has 0 spiro atoms. The number of aromatic nitrogens is 2. The monoisotopic (exact) mass is 340 g/mol. The van der Waals surface area contributed by atoms with Gasteiger partial charge in [0.1, 0.15) is 5.82 Å². The van der Waals surface area contributed by atoms with Crippen LogP contribution in [0.25, 0.3) is 0 Å². The lowest BCUT2D eigenvalue weighted by Gasteiger charge is -2.40. The van der Waals surface area contributed by atoms with Crippen molar-refractivity contribution < 1.29 is 9.53 Å². The number of piperazine rings is 1. The van der Waals surface area contributed by atoms with Crippen molar-refractivity contribution in [3.8, 4) is 5.75 Å². The van der Waals surface area contributed by atoms with Gasteiger partial charge in [-0.2, -0.15) is 0 Å². The molecule has 0 radical (unpaired) electrons. The number of anilines is 1. The first kappa shape index (κ1) is 17.2. The maximum absolute atomic E-state index is 13.0. The van der Waals surface area contributed by atoms with Crippen LogP contribution in [0, 0.1) is 6.92 Å². The third kappa shape index (κ3) is 3.73. The van der Waals surface area contributed by atoms with Crippen LogP contribution in [0.15, 0.2) is 36.5 Å². The molecule has 0 N–H and O–H groups in total. The number of carbonyl (C=O) groups excluding carboxylic acids is 1. The molecule has 1 atom stereocenters. The van der Waals surface area contributed by atoms with Gasteiger partial charge in [-0.05, 0) is 45.0 Å². The Morgan fingerprint density at radius 1 is 1.28 bits per heavy atom. The van der Waals surface area contributed by atoms with E-state index in [0.29, 0.717) is 24.6 Å². The topological polar surface area (TPSA) is 58.6 Å². The highest BCUT2D eigenvalue weighted by atomic mass is 16.5. The number of hydrogen-bond acceptors (Lipinski definition) is 5. The molecule has 0 saturated carbocycles. The molecule has 2 aromatic heterocycles. The van der Waals surface area contributed by atoms with Gasteiger partial charge in [-0.1, -0.05) is 6.07 Å². The number of hydrogen-bond donors (Lipinski definition) is 0. The SMILES string of the molecule is CCOc1cccnc1C(=O)N1CCN(c2cccc(C)n2)CC1C. The lowest BCUT2D eigenvalue weighted by molar-refractivity contribution is 0.0663. The summed E-state index contributed by atoms with van der Waals surface area (Å²) < 4.78 is 5.56. The van der Waals surface area contributed by atoms with E-state index < -0.39 is 0 Å². The Kier molecular flexibility index (Phi) is 5.16. The zero-order chi connectivity index (χ0) is 17.8. The van der Waals surface area contributed by atoms with Crippen molar-refractivity contribution in [1.29, 1.82) is 0 Å². The molecule has 1 fully saturated rings. The van der Waals surface area contributed by atoms with Gasteiger partial charge in [0, 0.05) is 37.6 Å². The van der Waals surface area contributed by atoms with Crippen molar-refractivity contribution >= 4 is 11.7 Å². The summed E-state index contributed by atoms with van der Waals surface area (Å²) in [5.41, 5.74) is 1.39. The molecule has 1 unspecified atom stereocenters. The standard InChI is InChI=1S/C19H24N4O2/c1-4-25-16-8-6-10-20-18(16)19(24)23-12-11-22(13-15(23)3)17-9-5-7-14(2)21-17/h5-10,15H,4,11-13H2,1-3H3. The van der Waals surface area contributed by atoms with E-state index in [0.717, 1.165) is 24.6 Å². The van der Waals surface area contributed by atoms with E-state index in [4.69, 9.17) is 4.74 Å². The van der Waals surface area contributed by atoms with Gasteiger partial charge in [0.2, 0.25) is 0 Å². The molecule has 0 aliphatic carbocycles. The van der Waals surface area contributed by atoms with Gasteiger partial charge in [0.15, 0.2) is 11.4 Å². The van der Waals surface area contributed by atoms with Crippen LogP contribution < -0.4 is 9.64 Å². The fraction of sp³-hybridized carbons (Fsp3) is 0.421. The first-order valence-corrected chi connectivity index (χ1v) is 8.67. The minimum absolute atomic E-state index is 0.0695. The van der Waals surface area contributed by atoms with Crippen LogP contribution >= 0.6 is 0 Å². The van der Waals surface area contributed by atoms with Gasteiger partial charge in [-0.3, -0.25) is 4.79 Å². The van der Waals surface area contributed by atoms with Crippen LogP contribution in [0.1, 0.15) is 30.0 Å². The largest absolute Gasteiger partial charge is 0.491 e. The summed E-state index contributed by atoms with van der Waals surface area (Å²) in [4.78, 5) is 25.9. The smallest absolute Gasteiger partial charge is 0.276 e. The van der Waals surface area contributed by atoms with Crippen LogP contribution in [0.2, 0.25) is 0 Å². The van der Waals surface area contributed by atoms with Crippen LogP contribution in [0.5, 0.6) is 5.75 Å². The lowest BCUT2D eigenvalue weighted by atomic mass is 10.1. The first-order chi connectivity index (χ1) is 12.1. The first-order valence-electron chi connectivity index (χ1n) is 8.67. The molecule has 0 aromatic carbocycles. The van der Waals surface area contributed by atoms with Crippen LogP contribution in [-0.2, 0) is 0 Å². The molecule has 2 aromatic rings. The highest BCUT2D eigenvalue weighted by Gasteiger charge is 2.30. The predicted octanol–water partition coefficient (Wildman–Crippen LogP) is 2.53. The van der Waals surface area contributed by atoms with Gasteiger partial charge in [0.05, 0.1) is 6.61 Å². The van der Waals surface area contributed by atoms with Crippen molar-refractivity contribution in [3.05, 3.63) is 47.9 Å². The van der Waals surface area contributed by atoms with E-state index in [2.05, 4.69) is 21.8 Å². The predicted molar refractivity (Wildman–Crippen MR) is 97.1 cm³/mol. The molecule has 1 saturated heterocycles. The third-order valence-corrected chi connectivity index (χ3v) is 4.36. The number of carbonyl (C=O) groups is 1. The number of amides is 1. The number of rotatable bonds is 4. The second kappa shape index (κ2) is 7.51. The molecule has 3 rings (SSSR count). The quantitative estimate of drug-likeness (QED) is 0.856. The van der Waals surface area contributed by atoms with E-state index in [-0.39, 0.29) is 11.9 Å². The summed E-state index contributed by atoms with van der Waals surface area (Å²) in [7, 11) is 0. The van der Waals surface area contributed by atoms with Gasteiger partial charge in [-0.25, -0.2) is 9.97 Å². The van der Waals surface area contributed by atoms with Crippen molar-refractivity contribution in [2.75, 3.05) is 31.1 Å². The van der Waals surface area contributed by atoms with Crippen LogP contribution in [0.4, 0.5) is 5.82 Å². The fourth-order valence-corrected chi connectivity index (χ4v) is 3.13. The molecule has 0 bridgehead atoms. The Morgan fingerprint density at radius 2 is 2.12 bits per heavy atom. The zero-order valence-electron chi connectivity index (χ0n) is 15.0. The number of nitrogens with zero attached hydrogens (tertiary/aromatic N) is 4. The average molecular weight is 340 g/mol. The van der Waals surface area contributed by atoms with Crippen molar-refractivity contribution in [2.24, 2.45) is 0 Å². The minimum Gasteiger partial charge on any atom is -0.491 e. The summed E-state index contributed by atoms with van der Waals surface area (Å²) in [5.74, 6) is 1.44. The Bertz CT molecular complexity index is 750. The third-order valence-electron chi connectivity index (χ3n) is 4.36. The summed E-state index contributed by atoms with van der Waals surface area (Å²) >= 11 is 0. The van der Waals surface area contributed by atoms with E-state index >= 15 is 0 Å². The summed E-state index contributed by atoms with van der Waals surface area (Å²) in [6, 6.07) is 9.67. The molecule has 3 heterocycles. The molecule has 6 nitrogen and oxygen atoms in total. The Balaban J connectivity index is 1.74. The molecular formula is C19H24N4O2. The molecule has 132 valence electrons. The van der Waals surface area contributed by atoms with Gasteiger partial charge in [0.25, 0.3) is 5.91 Å². The minimum atomic E-state index is -0.0756. The fourth-order valence-electron chi connectivity index (χ4n) is 3.13. The van der Waals surface area contributed by atoms with Crippen LogP contribution in [0.3, 0.4) is 0 Å². The zero-order valence-corrected chi connectivity index (χ0v) is 15.0. The summed E-state index contributed by atoms with van der Waals surface area (Å²) in [5, 5.41) is 0. The molecule has 1 aliphatic heterocycles. The van der Waals surface area contributed by atoms with Crippen molar-refractivity contribution in [2.45, 2.75) is 26.8 Å². The second-order valence-corrected chi connectivity index (χ2v) is 6.21. The Hall–Kier alpha value is -2.63. The summed E-state index contributed by atoms with van der Waals surface area (Å²) in [6.07, 6.45) is 1.63. The van der Waals surface area contributed by atoms with Crippen LogP contribution in [-0.4, -0.2) is 53.1 Å². The van der Waals surface area contributed by atoms with Gasteiger partial charge >= 0.3 is 0 Å². The van der Waals surface area contributed by atoms with Crippen molar-refractivity contribution in [3.63, 3.8) is 0 Å². The van der Waals surface area contributed by atoms with Gasteiger partial charge < -0.3 is 14.5 Å². The van der Waals surface area contributed by atoms with E-state index in [1.807, 2.05) is 36.9 Å². The Morgan fingerprint density at radius 3 is 2.84 bits per heavy atom. The molecule has 1 amide bonds. The number of aryl methyl sites for hydroxylation is 1. The Labute approximate surface area is 148 Å². The van der Waals surface area contributed by atoms with Crippen molar-refractivity contribution in [1.82, 2.24) is 14.9 Å². The molecule has 6 heteroatoms. The normalized spacial score (nSPS) is 17.5. The average Bonchev–Trinajstić information content (AvgIpc) is 2.62. The number of ether oxygens (including phenoxy) is 1. The highest BCUT2D eigenvalue weighted by molar-refractivity contribution is 5.95. The van der Waals surface area contributed by atoms with E-state index in [1.165, 1.54) is 0 Å². The highest BCUT2D eigenvalue weighted by Crippen LogP contribution is 2.22. The molecule has 25 heavy (non-hydrogen) atoms. The maximum atomic E-state index is 13.0. The molecular weight excluding hydrogens is 316 g/mol. The lowest BCUT2D eigenvalue weighted by Crippen LogP contribution is -2.54. The van der Waals surface area contributed by atoms with E-state index in [9.17, 15) is 4.79 Å². The summed E-state index contributed by atoms with van der Waals surface area (Å²) in [6.45, 7) is 8.60. The molecule has 1 aliphatic rings. The van der Waals surface area contributed by atoms with Gasteiger partial charge in [-0.15, -0.1) is 0 Å². The maximum Gasteiger partial charge on any atom is 0.276 e. The number of pyridine rings is 2. The second-order valence-electron chi connectivity index (χ2n) is 6.21.